The Hall–Kier alpha value is -1.66. The summed E-state index contributed by atoms with van der Waals surface area (Å²) in [7, 11) is 0. The van der Waals surface area contributed by atoms with Crippen LogP contribution >= 0.6 is 0 Å². The quantitative estimate of drug-likeness (QED) is 0.335. The van der Waals surface area contributed by atoms with Crippen molar-refractivity contribution in [3.8, 4) is 0 Å². The summed E-state index contributed by atoms with van der Waals surface area (Å²) in [6, 6.07) is 4.58. The van der Waals surface area contributed by atoms with E-state index in [-0.39, 0.29) is 17.1 Å². The van der Waals surface area contributed by atoms with Gasteiger partial charge in [0, 0.05) is 37.4 Å². The number of amidine groups is 1. The van der Waals surface area contributed by atoms with Crippen molar-refractivity contribution in [2.75, 3.05) is 19.8 Å². The molecule has 1 aromatic rings. The highest BCUT2D eigenvalue weighted by atomic mass is 19.1. The third kappa shape index (κ3) is 4.15. The molecule has 1 fully saturated rings. The third-order valence-electron chi connectivity index (χ3n) is 4.02. The number of hydrogen-bond acceptors (Lipinski definition) is 4. The number of hydrogen-bond donors (Lipinski definition) is 3. The summed E-state index contributed by atoms with van der Waals surface area (Å²) in [5.41, 5.74) is 6.59. The maximum Gasteiger partial charge on any atom is 0.170 e. The van der Waals surface area contributed by atoms with Crippen LogP contribution in [-0.2, 0) is 11.3 Å². The molecule has 0 unspecified atom stereocenters. The first-order valence-electron chi connectivity index (χ1n) is 7.09. The second kappa shape index (κ2) is 6.87. The Morgan fingerprint density at radius 3 is 2.81 bits per heavy atom. The van der Waals surface area contributed by atoms with Crippen molar-refractivity contribution in [3.05, 3.63) is 35.1 Å². The van der Waals surface area contributed by atoms with Crippen LogP contribution in [0.5, 0.6) is 0 Å². The van der Waals surface area contributed by atoms with Crippen molar-refractivity contribution in [2.45, 2.75) is 26.3 Å². The Morgan fingerprint density at radius 1 is 1.48 bits per heavy atom. The highest BCUT2D eigenvalue weighted by Gasteiger charge is 2.26. The van der Waals surface area contributed by atoms with Crippen LogP contribution < -0.4 is 11.1 Å². The predicted octanol–water partition coefficient (Wildman–Crippen LogP) is 1.83. The zero-order valence-electron chi connectivity index (χ0n) is 12.2. The standard InChI is InChI=1S/C15H22FN3O2/c1-15(4-6-21-7-5-15)10-18-9-12-3-2-11(8-13(12)16)14(17)19-20/h2-3,8,18,20H,4-7,9-10H2,1H3,(H2,17,19). The van der Waals surface area contributed by atoms with E-state index in [1.165, 1.54) is 6.07 Å². The van der Waals surface area contributed by atoms with Crippen LogP contribution in [0.15, 0.2) is 23.4 Å². The van der Waals surface area contributed by atoms with Crippen LogP contribution in [0.4, 0.5) is 4.39 Å². The molecule has 0 atom stereocenters. The van der Waals surface area contributed by atoms with Gasteiger partial charge in [-0.2, -0.15) is 0 Å². The molecule has 1 aromatic carbocycles. The Morgan fingerprint density at radius 2 is 2.19 bits per heavy atom. The van der Waals surface area contributed by atoms with E-state index in [1.807, 2.05) is 0 Å². The topological polar surface area (TPSA) is 79.9 Å². The summed E-state index contributed by atoms with van der Waals surface area (Å²) in [4.78, 5) is 0. The largest absolute Gasteiger partial charge is 0.409 e. The van der Waals surface area contributed by atoms with Crippen molar-refractivity contribution >= 4 is 5.84 Å². The van der Waals surface area contributed by atoms with Gasteiger partial charge in [-0.1, -0.05) is 24.2 Å². The fourth-order valence-corrected chi connectivity index (χ4v) is 2.45. The first-order valence-corrected chi connectivity index (χ1v) is 7.09. The van der Waals surface area contributed by atoms with Crippen LogP contribution in [0, 0.1) is 11.2 Å². The normalized spacial score (nSPS) is 18.7. The molecule has 0 aliphatic carbocycles. The van der Waals surface area contributed by atoms with E-state index in [0.29, 0.717) is 17.7 Å². The van der Waals surface area contributed by atoms with Gasteiger partial charge in [0.05, 0.1) is 0 Å². The molecule has 0 radical (unpaired) electrons. The van der Waals surface area contributed by atoms with E-state index in [2.05, 4.69) is 17.4 Å². The molecule has 1 aliphatic heterocycles. The first-order chi connectivity index (χ1) is 10.0. The molecular formula is C15H22FN3O2. The predicted molar refractivity (Wildman–Crippen MR) is 78.8 cm³/mol. The Balaban J connectivity index is 1.91. The second-order valence-electron chi connectivity index (χ2n) is 5.82. The Bertz CT molecular complexity index is 514. The van der Waals surface area contributed by atoms with Crippen LogP contribution in [-0.4, -0.2) is 30.8 Å². The van der Waals surface area contributed by atoms with Gasteiger partial charge in [-0.05, 0) is 24.3 Å². The van der Waals surface area contributed by atoms with E-state index < -0.39 is 0 Å². The van der Waals surface area contributed by atoms with Gasteiger partial charge in [-0.3, -0.25) is 0 Å². The van der Waals surface area contributed by atoms with Crippen molar-refractivity contribution < 1.29 is 14.3 Å². The summed E-state index contributed by atoms with van der Waals surface area (Å²) in [6.07, 6.45) is 2.04. The Kier molecular flexibility index (Phi) is 5.14. The number of nitrogens with one attached hydrogen (secondary N) is 1. The molecule has 4 N–H and O–H groups in total. The number of benzene rings is 1. The van der Waals surface area contributed by atoms with Gasteiger partial charge < -0.3 is 21.0 Å². The van der Waals surface area contributed by atoms with Gasteiger partial charge in [-0.25, -0.2) is 4.39 Å². The van der Waals surface area contributed by atoms with Crippen LogP contribution in [0.25, 0.3) is 0 Å². The summed E-state index contributed by atoms with van der Waals surface area (Å²) in [5.74, 6) is -0.452. The Labute approximate surface area is 124 Å². The zero-order chi connectivity index (χ0) is 15.3. The lowest BCUT2D eigenvalue weighted by Gasteiger charge is -2.33. The third-order valence-corrected chi connectivity index (χ3v) is 4.02. The van der Waals surface area contributed by atoms with E-state index >= 15 is 0 Å². The number of ether oxygens (including phenoxy) is 1. The minimum Gasteiger partial charge on any atom is -0.409 e. The zero-order valence-corrected chi connectivity index (χ0v) is 12.2. The first kappa shape index (κ1) is 15.7. The van der Waals surface area contributed by atoms with Gasteiger partial charge in [0.15, 0.2) is 5.84 Å². The van der Waals surface area contributed by atoms with Gasteiger partial charge in [0.1, 0.15) is 5.82 Å². The number of oxime groups is 1. The van der Waals surface area contributed by atoms with Gasteiger partial charge in [0.25, 0.3) is 0 Å². The molecule has 0 spiro atoms. The van der Waals surface area contributed by atoms with Crippen molar-refractivity contribution in [1.29, 1.82) is 0 Å². The molecule has 0 aromatic heterocycles. The van der Waals surface area contributed by atoms with E-state index in [1.54, 1.807) is 12.1 Å². The monoisotopic (exact) mass is 295 g/mol. The summed E-state index contributed by atoms with van der Waals surface area (Å²) < 4.78 is 19.3. The minimum atomic E-state index is -0.358. The molecular weight excluding hydrogens is 273 g/mol. The van der Waals surface area contributed by atoms with Crippen molar-refractivity contribution in [3.63, 3.8) is 0 Å². The summed E-state index contributed by atoms with van der Waals surface area (Å²) in [5, 5.41) is 14.8. The lowest BCUT2D eigenvalue weighted by Crippen LogP contribution is -2.36. The molecule has 0 amide bonds. The number of nitrogens with two attached hydrogens (primary N) is 1. The number of halogens is 1. The molecule has 21 heavy (non-hydrogen) atoms. The maximum atomic E-state index is 14.0. The van der Waals surface area contributed by atoms with E-state index in [4.69, 9.17) is 15.7 Å². The van der Waals surface area contributed by atoms with E-state index in [0.717, 1.165) is 32.6 Å². The molecule has 5 nitrogen and oxygen atoms in total. The van der Waals surface area contributed by atoms with Gasteiger partial charge >= 0.3 is 0 Å². The minimum absolute atomic E-state index is 0.0943. The number of nitrogens with zero attached hydrogens (tertiary/aromatic N) is 1. The van der Waals surface area contributed by atoms with Crippen LogP contribution in [0.2, 0.25) is 0 Å². The molecule has 6 heteroatoms. The van der Waals surface area contributed by atoms with Crippen molar-refractivity contribution in [1.82, 2.24) is 5.32 Å². The average molecular weight is 295 g/mol. The number of rotatable bonds is 5. The fourth-order valence-electron chi connectivity index (χ4n) is 2.45. The van der Waals surface area contributed by atoms with Crippen LogP contribution in [0.1, 0.15) is 30.9 Å². The molecule has 1 aliphatic rings. The molecule has 1 saturated heterocycles. The summed E-state index contributed by atoms with van der Waals surface area (Å²) >= 11 is 0. The molecule has 0 saturated carbocycles. The average Bonchev–Trinajstić information content (AvgIpc) is 2.48. The SMILES string of the molecule is CC1(CNCc2ccc(/C(N)=N/O)cc2F)CCOCC1. The second-order valence-corrected chi connectivity index (χ2v) is 5.82. The van der Waals surface area contributed by atoms with Gasteiger partial charge in [0.2, 0.25) is 0 Å². The lowest BCUT2D eigenvalue weighted by atomic mass is 9.82. The fraction of sp³-hybridized carbons (Fsp3) is 0.533. The smallest absolute Gasteiger partial charge is 0.170 e. The van der Waals surface area contributed by atoms with Crippen molar-refractivity contribution in [2.24, 2.45) is 16.3 Å². The maximum absolute atomic E-state index is 14.0. The lowest BCUT2D eigenvalue weighted by molar-refractivity contribution is 0.0240. The van der Waals surface area contributed by atoms with E-state index in [9.17, 15) is 4.39 Å². The molecule has 2 rings (SSSR count). The molecule has 1 heterocycles. The highest BCUT2D eigenvalue weighted by Crippen LogP contribution is 2.28. The highest BCUT2D eigenvalue weighted by molar-refractivity contribution is 5.97. The van der Waals surface area contributed by atoms with Gasteiger partial charge in [-0.15, -0.1) is 0 Å². The molecule has 0 bridgehead atoms. The molecule has 116 valence electrons. The van der Waals surface area contributed by atoms with Crippen LogP contribution in [0.3, 0.4) is 0 Å². The summed E-state index contributed by atoms with van der Waals surface area (Å²) in [6.45, 7) is 5.10.